The van der Waals surface area contributed by atoms with E-state index >= 15 is 0 Å². The minimum absolute atomic E-state index is 0. The Morgan fingerprint density at radius 2 is 2.29 bits per heavy atom. The predicted octanol–water partition coefficient (Wildman–Crippen LogP) is 1.55. The van der Waals surface area contributed by atoms with E-state index < -0.39 is 0 Å². The monoisotopic (exact) mass is 258 g/mol. The van der Waals surface area contributed by atoms with Gasteiger partial charge in [0.1, 0.15) is 0 Å². The predicted molar refractivity (Wildman–Crippen MR) is 72.2 cm³/mol. The van der Waals surface area contributed by atoms with Crippen molar-refractivity contribution in [1.82, 2.24) is 14.7 Å². The summed E-state index contributed by atoms with van der Waals surface area (Å²) in [6.07, 6.45) is 6.97. The van der Waals surface area contributed by atoms with Crippen LogP contribution >= 0.6 is 12.4 Å². The van der Waals surface area contributed by atoms with Gasteiger partial charge in [-0.25, -0.2) is 0 Å². The van der Waals surface area contributed by atoms with Crippen LogP contribution in [-0.2, 0) is 13.6 Å². The van der Waals surface area contributed by atoms with E-state index in [1.165, 1.54) is 31.5 Å². The molecule has 0 bridgehead atoms. The third-order valence-corrected chi connectivity index (χ3v) is 3.54. The van der Waals surface area contributed by atoms with Gasteiger partial charge < -0.3 is 5.73 Å². The molecule has 2 N–H and O–H groups in total. The number of likely N-dealkylation sites (tertiary alicyclic amines) is 1. The number of nitrogens with zero attached hydrogens (tertiary/aromatic N) is 3. The Morgan fingerprint density at radius 1 is 1.47 bits per heavy atom. The zero-order chi connectivity index (χ0) is 11.4. The maximum absolute atomic E-state index is 5.68. The zero-order valence-electron chi connectivity index (χ0n) is 10.5. The van der Waals surface area contributed by atoms with Gasteiger partial charge in [-0.2, -0.15) is 5.10 Å². The average molecular weight is 259 g/mol. The van der Waals surface area contributed by atoms with Crippen LogP contribution in [0.1, 0.15) is 31.4 Å². The SMILES string of the molecule is Cl.Cn1nccc1CN1CCCCC1CCN. The highest BCUT2D eigenvalue weighted by molar-refractivity contribution is 5.85. The van der Waals surface area contributed by atoms with Crippen molar-refractivity contribution in [2.45, 2.75) is 38.3 Å². The Kier molecular flexibility index (Phi) is 5.95. The molecule has 0 aliphatic carbocycles. The smallest absolute Gasteiger partial charge is 0.0521 e. The Balaban J connectivity index is 0.00000144. The lowest BCUT2D eigenvalue weighted by Crippen LogP contribution is -2.40. The average Bonchev–Trinajstić information content (AvgIpc) is 2.68. The highest BCUT2D eigenvalue weighted by atomic mass is 35.5. The van der Waals surface area contributed by atoms with Gasteiger partial charge in [-0.15, -0.1) is 12.4 Å². The van der Waals surface area contributed by atoms with Gasteiger partial charge in [0.15, 0.2) is 0 Å². The first-order valence-electron chi connectivity index (χ1n) is 6.22. The molecule has 1 atom stereocenters. The van der Waals surface area contributed by atoms with E-state index in [2.05, 4.69) is 16.1 Å². The first-order chi connectivity index (χ1) is 7.81. The lowest BCUT2D eigenvalue weighted by atomic mass is 9.99. The number of aryl methyl sites for hydroxylation is 1. The lowest BCUT2D eigenvalue weighted by molar-refractivity contribution is 0.131. The van der Waals surface area contributed by atoms with E-state index in [4.69, 9.17) is 5.73 Å². The summed E-state index contributed by atoms with van der Waals surface area (Å²) in [5.41, 5.74) is 6.98. The molecule has 1 saturated heterocycles. The van der Waals surface area contributed by atoms with E-state index in [1.54, 1.807) is 0 Å². The lowest BCUT2D eigenvalue weighted by Gasteiger charge is -2.35. The molecule has 1 aromatic rings. The number of rotatable bonds is 4. The van der Waals surface area contributed by atoms with Crippen molar-refractivity contribution in [1.29, 1.82) is 0 Å². The summed E-state index contributed by atoms with van der Waals surface area (Å²) in [6.45, 7) is 3.02. The fourth-order valence-electron chi connectivity index (χ4n) is 2.55. The molecule has 17 heavy (non-hydrogen) atoms. The van der Waals surface area contributed by atoms with Crippen molar-refractivity contribution in [2.24, 2.45) is 12.8 Å². The van der Waals surface area contributed by atoms with Gasteiger partial charge in [-0.3, -0.25) is 9.58 Å². The molecule has 0 radical (unpaired) electrons. The van der Waals surface area contributed by atoms with Crippen LogP contribution in [0.4, 0.5) is 0 Å². The molecule has 2 heterocycles. The Hall–Kier alpha value is -0.580. The summed E-state index contributed by atoms with van der Waals surface area (Å²) in [7, 11) is 2.01. The van der Waals surface area contributed by atoms with Crippen molar-refractivity contribution >= 4 is 12.4 Å². The molecule has 1 aliphatic rings. The van der Waals surface area contributed by atoms with Gasteiger partial charge in [0.2, 0.25) is 0 Å². The van der Waals surface area contributed by atoms with E-state index in [0.717, 1.165) is 19.5 Å². The molecular weight excluding hydrogens is 236 g/mol. The van der Waals surface area contributed by atoms with E-state index in [9.17, 15) is 0 Å². The molecule has 0 spiro atoms. The normalized spacial score (nSPS) is 21.2. The summed E-state index contributed by atoms with van der Waals surface area (Å²) in [4.78, 5) is 2.56. The van der Waals surface area contributed by atoms with Gasteiger partial charge in [-0.05, 0) is 38.4 Å². The second-order valence-electron chi connectivity index (χ2n) is 4.64. The highest BCUT2D eigenvalue weighted by Crippen LogP contribution is 2.21. The molecule has 4 nitrogen and oxygen atoms in total. The molecule has 5 heteroatoms. The summed E-state index contributed by atoms with van der Waals surface area (Å²) >= 11 is 0. The van der Waals surface area contributed by atoms with Crippen LogP contribution in [0, 0.1) is 0 Å². The summed E-state index contributed by atoms with van der Waals surface area (Å²) in [6, 6.07) is 2.78. The fraction of sp³-hybridized carbons (Fsp3) is 0.750. The molecule has 98 valence electrons. The van der Waals surface area contributed by atoms with Crippen LogP contribution in [0.3, 0.4) is 0 Å². The fourth-order valence-corrected chi connectivity index (χ4v) is 2.55. The number of nitrogens with two attached hydrogens (primary N) is 1. The number of hydrogen-bond donors (Lipinski definition) is 1. The second-order valence-corrected chi connectivity index (χ2v) is 4.64. The number of piperidine rings is 1. The van der Waals surface area contributed by atoms with Crippen LogP contribution in [0.15, 0.2) is 12.3 Å². The van der Waals surface area contributed by atoms with Crippen LogP contribution in [0.2, 0.25) is 0 Å². The topological polar surface area (TPSA) is 47.1 Å². The summed E-state index contributed by atoms with van der Waals surface area (Å²) in [5.74, 6) is 0. The third-order valence-electron chi connectivity index (χ3n) is 3.54. The summed E-state index contributed by atoms with van der Waals surface area (Å²) < 4.78 is 1.97. The maximum atomic E-state index is 5.68. The van der Waals surface area contributed by atoms with Crippen LogP contribution in [0.5, 0.6) is 0 Å². The van der Waals surface area contributed by atoms with Crippen LogP contribution < -0.4 is 5.73 Å². The molecule has 2 rings (SSSR count). The standard InChI is InChI=1S/C12H22N4.ClH/c1-15-12(6-8-14-15)10-16-9-3-2-4-11(16)5-7-13;/h6,8,11H,2-5,7,9-10,13H2,1H3;1H. The minimum atomic E-state index is 0. The molecule has 1 aliphatic heterocycles. The van der Waals surface area contributed by atoms with Crippen molar-refractivity contribution in [3.8, 4) is 0 Å². The van der Waals surface area contributed by atoms with Gasteiger partial charge in [0.05, 0.1) is 5.69 Å². The maximum Gasteiger partial charge on any atom is 0.0521 e. The number of hydrogen-bond acceptors (Lipinski definition) is 3. The molecule has 0 aromatic carbocycles. The largest absolute Gasteiger partial charge is 0.330 e. The summed E-state index contributed by atoms with van der Waals surface area (Å²) in [5, 5.41) is 4.22. The zero-order valence-corrected chi connectivity index (χ0v) is 11.3. The molecule has 0 amide bonds. The number of aromatic nitrogens is 2. The van der Waals surface area contributed by atoms with E-state index in [0.29, 0.717) is 6.04 Å². The van der Waals surface area contributed by atoms with Crippen molar-refractivity contribution in [3.63, 3.8) is 0 Å². The Labute approximate surface area is 110 Å². The quantitative estimate of drug-likeness (QED) is 0.891. The van der Waals surface area contributed by atoms with Crippen molar-refractivity contribution in [2.75, 3.05) is 13.1 Å². The van der Waals surface area contributed by atoms with Gasteiger partial charge in [0.25, 0.3) is 0 Å². The minimum Gasteiger partial charge on any atom is -0.330 e. The molecular formula is C12H23ClN4. The van der Waals surface area contributed by atoms with Crippen LogP contribution in [-0.4, -0.2) is 33.8 Å². The molecule has 1 aromatic heterocycles. The second kappa shape index (κ2) is 6.99. The van der Waals surface area contributed by atoms with Crippen molar-refractivity contribution in [3.05, 3.63) is 18.0 Å². The Morgan fingerprint density at radius 3 is 2.94 bits per heavy atom. The van der Waals surface area contributed by atoms with Gasteiger partial charge >= 0.3 is 0 Å². The Bertz CT molecular complexity index is 324. The van der Waals surface area contributed by atoms with E-state index in [1.807, 2.05) is 17.9 Å². The highest BCUT2D eigenvalue weighted by Gasteiger charge is 2.22. The van der Waals surface area contributed by atoms with E-state index in [-0.39, 0.29) is 12.4 Å². The van der Waals surface area contributed by atoms with Crippen LogP contribution in [0.25, 0.3) is 0 Å². The molecule has 1 unspecified atom stereocenters. The first kappa shape index (κ1) is 14.5. The van der Waals surface area contributed by atoms with Gasteiger partial charge in [0, 0.05) is 25.8 Å². The first-order valence-corrected chi connectivity index (χ1v) is 6.22. The van der Waals surface area contributed by atoms with Gasteiger partial charge in [-0.1, -0.05) is 6.42 Å². The third kappa shape index (κ3) is 3.69. The number of halogens is 1. The van der Waals surface area contributed by atoms with Crippen molar-refractivity contribution < 1.29 is 0 Å². The molecule has 1 fully saturated rings. The molecule has 0 saturated carbocycles.